The van der Waals surface area contributed by atoms with Crippen LogP contribution in [-0.4, -0.2) is 11.1 Å². The SMILES string of the molecule is [2H]c1c([2H])c([2H])c(C(=O)O)c([2H])c1[2H]. The molecule has 0 radical (unpaired) electrons. The van der Waals surface area contributed by atoms with Gasteiger partial charge in [-0.15, -0.1) is 0 Å². The second-order valence-corrected chi connectivity index (χ2v) is 1.31. The normalized spacial score (nSPS) is 16.7. The molecule has 0 unspecified atom stereocenters. The molecule has 0 saturated heterocycles. The van der Waals surface area contributed by atoms with Crippen LogP contribution in [0.15, 0.2) is 30.2 Å². The Labute approximate surface area is 59.8 Å². The van der Waals surface area contributed by atoms with Gasteiger partial charge in [-0.3, -0.25) is 0 Å². The van der Waals surface area contributed by atoms with Gasteiger partial charge >= 0.3 is 5.97 Å². The van der Waals surface area contributed by atoms with E-state index in [-0.39, 0.29) is 0 Å². The molecular weight excluding hydrogens is 116 g/mol. The van der Waals surface area contributed by atoms with Gasteiger partial charge in [0.15, 0.2) is 0 Å². The third kappa shape index (κ3) is 1.29. The van der Waals surface area contributed by atoms with Gasteiger partial charge in [-0.1, -0.05) is 18.1 Å². The van der Waals surface area contributed by atoms with Crippen LogP contribution in [0.4, 0.5) is 0 Å². The van der Waals surface area contributed by atoms with Gasteiger partial charge in [0.2, 0.25) is 0 Å². The molecule has 1 N–H and O–H groups in total. The van der Waals surface area contributed by atoms with Crippen LogP contribution in [0, 0.1) is 0 Å². The molecule has 0 amide bonds. The third-order valence-electron chi connectivity index (χ3n) is 0.714. The predicted octanol–water partition coefficient (Wildman–Crippen LogP) is 1.38. The molecule has 0 fully saturated rings. The highest BCUT2D eigenvalue weighted by atomic mass is 16.4. The first-order valence-electron chi connectivity index (χ1n) is 4.68. The highest BCUT2D eigenvalue weighted by Crippen LogP contribution is 1.96. The van der Waals surface area contributed by atoms with Crippen molar-refractivity contribution in [3.63, 3.8) is 0 Å². The van der Waals surface area contributed by atoms with Crippen molar-refractivity contribution >= 4 is 5.97 Å². The first kappa shape index (κ1) is 2.14. The van der Waals surface area contributed by atoms with Crippen LogP contribution < -0.4 is 0 Å². The Morgan fingerprint density at radius 3 is 2.44 bits per heavy atom. The number of hydrogen-bond acceptors (Lipinski definition) is 1. The molecule has 0 saturated carbocycles. The Kier molecular flexibility index (Phi) is 0.548. The van der Waals surface area contributed by atoms with E-state index in [9.17, 15) is 4.79 Å². The average Bonchev–Trinajstić information content (AvgIpc) is 2.11. The molecular formula is C7H6O2. The number of carboxylic acid groups (broad SMARTS) is 1. The largest absolute Gasteiger partial charge is 0.478 e. The van der Waals surface area contributed by atoms with E-state index >= 15 is 0 Å². The van der Waals surface area contributed by atoms with Crippen LogP contribution in [-0.2, 0) is 0 Å². The Morgan fingerprint density at radius 2 is 2.00 bits per heavy atom. The maximum absolute atomic E-state index is 10.6. The highest BCUT2D eigenvalue weighted by molar-refractivity contribution is 5.87. The summed E-state index contributed by atoms with van der Waals surface area (Å²) in [6, 6.07) is -3.25. The average molecular weight is 127 g/mol. The summed E-state index contributed by atoms with van der Waals surface area (Å²) < 4.78 is 35.9. The van der Waals surface area contributed by atoms with Gasteiger partial charge in [0.1, 0.15) is 0 Å². The molecule has 9 heavy (non-hydrogen) atoms. The van der Waals surface area contributed by atoms with Gasteiger partial charge in [0, 0.05) is 0 Å². The van der Waals surface area contributed by atoms with E-state index in [1.54, 1.807) is 0 Å². The summed E-state index contributed by atoms with van der Waals surface area (Å²) in [6.07, 6.45) is 0. The number of aromatic carboxylic acids is 1. The lowest BCUT2D eigenvalue weighted by atomic mass is 10.2. The molecule has 46 valence electrons. The van der Waals surface area contributed by atoms with Crippen molar-refractivity contribution in [2.24, 2.45) is 0 Å². The fourth-order valence-electron chi connectivity index (χ4n) is 0.357. The smallest absolute Gasteiger partial charge is 0.335 e. The predicted molar refractivity (Wildman–Crippen MR) is 33.4 cm³/mol. The third-order valence-corrected chi connectivity index (χ3v) is 0.714. The molecule has 0 heterocycles. The molecule has 1 aromatic carbocycles. The van der Waals surface area contributed by atoms with E-state index < -0.39 is 41.7 Å². The maximum Gasteiger partial charge on any atom is 0.335 e. The molecule has 2 heteroatoms. The fourth-order valence-corrected chi connectivity index (χ4v) is 0.357. The fraction of sp³-hybridized carbons (Fsp3) is 0. The van der Waals surface area contributed by atoms with E-state index in [1.807, 2.05) is 0 Å². The number of hydrogen-bond donors (Lipinski definition) is 1. The quantitative estimate of drug-likeness (QED) is 0.618. The topological polar surface area (TPSA) is 37.3 Å². The number of carbonyl (C=O) groups is 1. The van der Waals surface area contributed by atoms with Crippen molar-refractivity contribution in [1.82, 2.24) is 0 Å². The Hall–Kier alpha value is -1.31. The number of rotatable bonds is 1. The summed E-state index contributed by atoms with van der Waals surface area (Å²) in [4.78, 5) is 10.6. The van der Waals surface area contributed by atoms with Crippen molar-refractivity contribution < 1.29 is 16.8 Å². The summed E-state index contributed by atoms with van der Waals surface area (Å²) in [5.41, 5.74) is -0.698. The number of carboxylic acids is 1. The molecule has 0 aromatic heterocycles. The van der Waals surface area contributed by atoms with Crippen LogP contribution in [0.25, 0.3) is 0 Å². The van der Waals surface area contributed by atoms with Crippen LogP contribution in [0.1, 0.15) is 17.2 Å². The molecule has 0 spiro atoms. The van der Waals surface area contributed by atoms with Crippen molar-refractivity contribution in [3.8, 4) is 0 Å². The van der Waals surface area contributed by atoms with Gasteiger partial charge in [-0.25, -0.2) is 4.79 Å². The zero-order chi connectivity index (χ0) is 11.0. The Balaban J connectivity index is 3.68. The van der Waals surface area contributed by atoms with Crippen LogP contribution in [0.2, 0.25) is 0 Å². The molecule has 1 rings (SSSR count). The highest BCUT2D eigenvalue weighted by Gasteiger charge is 1.96. The first-order chi connectivity index (χ1) is 6.37. The van der Waals surface area contributed by atoms with Crippen LogP contribution >= 0.6 is 0 Å². The van der Waals surface area contributed by atoms with Gasteiger partial charge in [0.25, 0.3) is 0 Å². The van der Waals surface area contributed by atoms with Crippen molar-refractivity contribution in [2.45, 2.75) is 0 Å². The summed E-state index contributed by atoms with van der Waals surface area (Å²) in [5, 5.41) is 8.62. The zero-order valence-corrected chi connectivity index (χ0v) is 4.36. The molecule has 2 nitrogen and oxygen atoms in total. The molecule has 0 bridgehead atoms. The van der Waals surface area contributed by atoms with E-state index in [0.29, 0.717) is 0 Å². The van der Waals surface area contributed by atoms with Crippen molar-refractivity contribution in [1.29, 1.82) is 0 Å². The van der Waals surface area contributed by atoms with Gasteiger partial charge in [0.05, 0.1) is 12.4 Å². The number of benzene rings is 1. The standard InChI is InChI=1S/C7H6O2/c8-7(9)6-4-2-1-3-5-6/h1-5H,(H,8,9)/i1D,2D,3D,4D,5D. The van der Waals surface area contributed by atoms with Gasteiger partial charge in [-0.05, 0) is 12.1 Å². The first-order valence-corrected chi connectivity index (χ1v) is 2.18. The van der Waals surface area contributed by atoms with Crippen molar-refractivity contribution in [3.05, 3.63) is 35.8 Å². The van der Waals surface area contributed by atoms with Crippen LogP contribution in [0.5, 0.6) is 0 Å². The van der Waals surface area contributed by atoms with Gasteiger partial charge in [-0.2, -0.15) is 0 Å². The van der Waals surface area contributed by atoms with E-state index in [1.165, 1.54) is 0 Å². The minimum Gasteiger partial charge on any atom is -0.478 e. The molecule has 0 aliphatic rings. The lowest BCUT2D eigenvalue weighted by Crippen LogP contribution is -1.93. The van der Waals surface area contributed by atoms with E-state index in [4.69, 9.17) is 12.0 Å². The zero-order valence-electron chi connectivity index (χ0n) is 9.36. The summed E-state index contributed by atoms with van der Waals surface area (Å²) in [7, 11) is 0. The van der Waals surface area contributed by atoms with E-state index in [2.05, 4.69) is 0 Å². The van der Waals surface area contributed by atoms with Crippen LogP contribution in [0.3, 0.4) is 0 Å². The molecule has 0 aliphatic heterocycles. The minimum absolute atomic E-state index is 0.593. The summed E-state index contributed by atoms with van der Waals surface area (Å²) in [6.45, 7) is 0. The molecule has 0 atom stereocenters. The second-order valence-electron chi connectivity index (χ2n) is 1.31. The van der Waals surface area contributed by atoms with Gasteiger partial charge < -0.3 is 5.11 Å². The summed E-state index contributed by atoms with van der Waals surface area (Å²) >= 11 is 0. The Morgan fingerprint density at radius 1 is 1.44 bits per heavy atom. The molecule has 0 aliphatic carbocycles. The maximum atomic E-state index is 10.6. The lowest BCUT2D eigenvalue weighted by molar-refractivity contribution is 0.0697. The van der Waals surface area contributed by atoms with Crippen molar-refractivity contribution in [2.75, 3.05) is 0 Å². The Bertz CT molecular complexity index is 386. The van der Waals surface area contributed by atoms with E-state index in [0.717, 1.165) is 0 Å². The second kappa shape index (κ2) is 2.31. The summed E-state index contributed by atoms with van der Waals surface area (Å²) in [5.74, 6) is -1.53. The molecule has 1 aromatic rings. The monoisotopic (exact) mass is 127 g/mol. The minimum atomic E-state index is -1.53. The lowest BCUT2D eigenvalue weighted by Gasteiger charge is -1.88.